The van der Waals surface area contributed by atoms with Gasteiger partial charge in [-0.25, -0.2) is 0 Å². The number of carbonyl (C=O) groups is 1. The fraction of sp³-hybridized carbons (Fsp3) is 0.786. The van der Waals surface area contributed by atoms with Crippen molar-refractivity contribution in [3.63, 3.8) is 0 Å². The first-order chi connectivity index (χ1) is 8.16. The van der Waals surface area contributed by atoms with Gasteiger partial charge in [-0.1, -0.05) is 19.9 Å². The largest absolute Gasteiger partial charge is 0.379 e. The van der Waals surface area contributed by atoms with Crippen LogP contribution in [-0.4, -0.2) is 43.5 Å². The third kappa shape index (κ3) is 3.39. The number of morpholine rings is 1. The van der Waals surface area contributed by atoms with Crippen molar-refractivity contribution in [1.82, 2.24) is 4.90 Å². The van der Waals surface area contributed by atoms with Crippen molar-refractivity contribution < 1.29 is 9.53 Å². The average Bonchev–Trinajstić information content (AvgIpc) is 2.62. The lowest BCUT2D eigenvalue weighted by atomic mass is 10.0. The van der Waals surface area contributed by atoms with Crippen molar-refractivity contribution in [2.45, 2.75) is 26.7 Å². The molecule has 2 fully saturated rings. The second-order valence-electron chi connectivity index (χ2n) is 5.45. The molecule has 1 aliphatic carbocycles. The molecule has 0 spiro atoms. The molecule has 0 amide bonds. The van der Waals surface area contributed by atoms with Crippen LogP contribution in [0.5, 0.6) is 0 Å². The summed E-state index contributed by atoms with van der Waals surface area (Å²) < 4.78 is 5.33. The van der Waals surface area contributed by atoms with Crippen LogP contribution in [0.15, 0.2) is 11.6 Å². The van der Waals surface area contributed by atoms with E-state index in [4.69, 9.17) is 4.74 Å². The Balaban J connectivity index is 1.88. The lowest BCUT2D eigenvalue weighted by Gasteiger charge is -2.28. The Labute approximate surface area is 104 Å². The quantitative estimate of drug-likeness (QED) is 0.702. The van der Waals surface area contributed by atoms with Gasteiger partial charge in [0, 0.05) is 25.6 Å². The minimum atomic E-state index is 0.234. The number of Topliss-reactive ketones (excluding diaryl/α,β-unsaturated/α-hetero) is 1. The number of hydrogen-bond donors (Lipinski definition) is 0. The molecule has 0 aromatic heterocycles. The summed E-state index contributed by atoms with van der Waals surface area (Å²) in [5.74, 6) is 1.11. The Morgan fingerprint density at radius 2 is 2.12 bits per heavy atom. The van der Waals surface area contributed by atoms with Crippen LogP contribution in [0.25, 0.3) is 0 Å². The zero-order valence-electron chi connectivity index (χ0n) is 10.9. The summed E-state index contributed by atoms with van der Waals surface area (Å²) in [6, 6.07) is 0. The molecule has 0 aromatic rings. The summed E-state index contributed by atoms with van der Waals surface area (Å²) in [6.45, 7) is 8.79. The maximum atomic E-state index is 12.2. The van der Waals surface area contributed by atoms with Gasteiger partial charge in [0.2, 0.25) is 0 Å². The molecule has 0 bridgehead atoms. The second-order valence-corrected chi connectivity index (χ2v) is 5.45. The zero-order chi connectivity index (χ0) is 12.3. The van der Waals surface area contributed by atoms with E-state index in [-0.39, 0.29) is 5.92 Å². The summed E-state index contributed by atoms with van der Waals surface area (Å²) in [7, 11) is 0. The summed E-state index contributed by atoms with van der Waals surface area (Å²) in [5, 5.41) is 0. The smallest absolute Gasteiger partial charge is 0.162 e. The molecule has 0 radical (unpaired) electrons. The predicted molar refractivity (Wildman–Crippen MR) is 67.9 cm³/mol. The topological polar surface area (TPSA) is 29.5 Å². The highest BCUT2D eigenvalue weighted by Crippen LogP contribution is 2.28. The van der Waals surface area contributed by atoms with Gasteiger partial charge in [-0.15, -0.1) is 0 Å². The van der Waals surface area contributed by atoms with E-state index in [1.54, 1.807) is 0 Å². The third-order valence-corrected chi connectivity index (χ3v) is 3.57. The molecule has 3 heteroatoms. The van der Waals surface area contributed by atoms with Crippen LogP contribution in [0.1, 0.15) is 26.7 Å². The van der Waals surface area contributed by atoms with Crippen LogP contribution in [0.2, 0.25) is 0 Å². The van der Waals surface area contributed by atoms with Gasteiger partial charge in [0.1, 0.15) is 0 Å². The molecule has 1 heterocycles. The maximum Gasteiger partial charge on any atom is 0.162 e. The van der Waals surface area contributed by atoms with E-state index < -0.39 is 0 Å². The number of hydrogen-bond acceptors (Lipinski definition) is 3. The van der Waals surface area contributed by atoms with E-state index in [9.17, 15) is 4.79 Å². The van der Waals surface area contributed by atoms with Crippen LogP contribution in [0, 0.1) is 11.8 Å². The predicted octanol–water partition coefficient (Wildman–Crippen LogP) is 1.88. The molecule has 96 valence electrons. The van der Waals surface area contributed by atoms with Crippen LogP contribution >= 0.6 is 0 Å². The number of allylic oxidation sites excluding steroid dienone is 2. The fourth-order valence-electron chi connectivity index (χ4n) is 2.68. The summed E-state index contributed by atoms with van der Waals surface area (Å²) in [6.07, 6.45) is 4.16. The molecule has 2 aliphatic rings. The summed E-state index contributed by atoms with van der Waals surface area (Å²) >= 11 is 0. The Bertz CT molecular complexity index is 303. The molecular weight excluding hydrogens is 214 g/mol. The van der Waals surface area contributed by atoms with Crippen molar-refractivity contribution in [2.75, 3.05) is 32.8 Å². The minimum absolute atomic E-state index is 0.234. The minimum Gasteiger partial charge on any atom is -0.379 e. The Hall–Kier alpha value is -0.670. The first kappa shape index (κ1) is 12.8. The van der Waals surface area contributed by atoms with Gasteiger partial charge in [-0.3, -0.25) is 9.69 Å². The number of ether oxygens (including phenoxy) is 1. The normalized spacial score (nSPS) is 29.5. The maximum absolute atomic E-state index is 12.2. The van der Waals surface area contributed by atoms with Crippen LogP contribution in [0.4, 0.5) is 0 Å². The molecule has 3 nitrogen and oxygen atoms in total. The zero-order valence-corrected chi connectivity index (χ0v) is 10.9. The van der Waals surface area contributed by atoms with Gasteiger partial charge in [-0.05, 0) is 24.3 Å². The van der Waals surface area contributed by atoms with Gasteiger partial charge in [0.25, 0.3) is 0 Å². The van der Waals surface area contributed by atoms with Crippen molar-refractivity contribution in [2.24, 2.45) is 11.8 Å². The molecule has 0 aromatic carbocycles. The molecule has 1 unspecified atom stereocenters. The standard InChI is InChI=1S/C14H23NO2/c1-11(2)9-12-3-4-13(14(12)16)10-15-5-7-17-8-6-15/h9,11,13H,3-8,10H2,1-2H3/b12-9+. The number of ketones is 1. The summed E-state index contributed by atoms with van der Waals surface area (Å²) in [5.41, 5.74) is 1.07. The number of nitrogens with zero attached hydrogens (tertiary/aromatic N) is 1. The van der Waals surface area contributed by atoms with Crippen LogP contribution in [-0.2, 0) is 9.53 Å². The lowest BCUT2D eigenvalue weighted by Crippen LogP contribution is -2.40. The Morgan fingerprint density at radius 1 is 1.41 bits per heavy atom. The lowest BCUT2D eigenvalue weighted by molar-refractivity contribution is -0.118. The van der Waals surface area contributed by atoms with Crippen molar-refractivity contribution in [1.29, 1.82) is 0 Å². The highest BCUT2D eigenvalue weighted by Gasteiger charge is 2.30. The van der Waals surface area contributed by atoms with Gasteiger partial charge in [-0.2, -0.15) is 0 Å². The van der Waals surface area contributed by atoms with Gasteiger partial charge >= 0.3 is 0 Å². The van der Waals surface area contributed by atoms with E-state index in [0.29, 0.717) is 11.7 Å². The molecule has 1 saturated carbocycles. The first-order valence-corrected chi connectivity index (χ1v) is 6.72. The van der Waals surface area contributed by atoms with Crippen LogP contribution in [0.3, 0.4) is 0 Å². The molecule has 2 rings (SSSR count). The fourth-order valence-corrected chi connectivity index (χ4v) is 2.68. The molecule has 1 aliphatic heterocycles. The highest BCUT2D eigenvalue weighted by atomic mass is 16.5. The van der Waals surface area contributed by atoms with E-state index in [1.165, 1.54) is 0 Å². The molecule has 1 atom stereocenters. The summed E-state index contributed by atoms with van der Waals surface area (Å²) in [4.78, 5) is 14.6. The van der Waals surface area contributed by atoms with Gasteiger partial charge < -0.3 is 4.74 Å². The van der Waals surface area contributed by atoms with Gasteiger partial charge in [0.15, 0.2) is 5.78 Å². The molecule has 17 heavy (non-hydrogen) atoms. The number of rotatable bonds is 3. The van der Waals surface area contributed by atoms with E-state index in [1.807, 2.05) is 0 Å². The van der Waals surface area contributed by atoms with Crippen molar-refractivity contribution >= 4 is 5.78 Å². The molecule has 0 N–H and O–H groups in total. The first-order valence-electron chi connectivity index (χ1n) is 6.72. The SMILES string of the molecule is CC(C)/C=C1\CCC(CN2CCOCC2)C1=O. The van der Waals surface area contributed by atoms with E-state index >= 15 is 0 Å². The monoisotopic (exact) mass is 237 g/mol. The van der Waals surface area contributed by atoms with Crippen LogP contribution < -0.4 is 0 Å². The van der Waals surface area contributed by atoms with E-state index in [2.05, 4.69) is 24.8 Å². The van der Waals surface area contributed by atoms with Crippen molar-refractivity contribution in [3.05, 3.63) is 11.6 Å². The Kier molecular flexibility index (Phi) is 4.35. The molecule has 1 saturated heterocycles. The number of carbonyl (C=O) groups excluding carboxylic acids is 1. The van der Waals surface area contributed by atoms with Crippen molar-refractivity contribution in [3.8, 4) is 0 Å². The average molecular weight is 237 g/mol. The van der Waals surface area contributed by atoms with Gasteiger partial charge in [0.05, 0.1) is 13.2 Å². The third-order valence-electron chi connectivity index (χ3n) is 3.57. The highest BCUT2D eigenvalue weighted by molar-refractivity contribution is 5.99. The second kappa shape index (κ2) is 5.78. The molecular formula is C14H23NO2. The van der Waals surface area contributed by atoms with E-state index in [0.717, 1.165) is 51.3 Å². The Morgan fingerprint density at radius 3 is 2.76 bits per heavy atom.